The van der Waals surface area contributed by atoms with Crippen molar-refractivity contribution < 1.29 is 19.4 Å². The molecule has 352 valence electrons. The summed E-state index contributed by atoms with van der Waals surface area (Å²) in [6, 6.07) is 25.0. The Morgan fingerprint density at radius 1 is 0.716 bits per heavy atom. The Kier molecular flexibility index (Phi) is 18.1. The van der Waals surface area contributed by atoms with Crippen LogP contribution in [-0.4, -0.2) is 28.7 Å². The molecule has 0 atom stereocenters. The predicted molar refractivity (Wildman–Crippen MR) is 282 cm³/mol. The lowest BCUT2D eigenvalue weighted by atomic mass is 10.0. The zero-order chi connectivity index (χ0) is 47.3. The summed E-state index contributed by atoms with van der Waals surface area (Å²) in [5, 5.41) is 19.6. The third-order valence-electron chi connectivity index (χ3n) is 12.7. The Labute approximate surface area is 411 Å². The number of carboxylic acids is 1. The molecule has 0 aliphatic carbocycles. The number of hydrogen-bond donors (Lipinski definition) is 1. The minimum Gasteiger partial charge on any atom is -0.477 e. The van der Waals surface area contributed by atoms with Crippen LogP contribution in [0.5, 0.6) is 0 Å². The van der Waals surface area contributed by atoms with Gasteiger partial charge in [0.2, 0.25) is 0 Å². The summed E-state index contributed by atoms with van der Waals surface area (Å²) in [7, 11) is 0. The van der Waals surface area contributed by atoms with Crippen LogP contribution in [0.4, 0.5) is 11.4 Å². The number of hydrogen-bond acceptors (Lipinski definition) is 10. The molecule has 1 aliphatic rings. The van der Waals surface area contributed by atoms with E-state index in [2.05, 4.69) is 93.3 Å². The van der Waals surface area contributed by atoms with E-state index in [0.717, 1.165) is 104 Å². The van der Waals surface area contributed by atoms with E-state index in [0.29, 0.717) is 0 Å². The minimum atomic E-state index is -1.44. The van der Waals surface area contributed by atoms with Crippen molar-refractivity contribution in [2.75, 3.05) is 11.4 Å². The van der Waals surface area contributed by atoms with Gasteiger partial charge < -0.3 is 14.7 Å². The van der Waals surface area contributed by atoms with Crippen LogP contribution in [0, 0.1) is 11.3 Å². The van der Waals surface area contributed by atoms with Gasteiger partial charge in [-0.05, 0) is 134 Å². The number of rotatable bonds is 24. The average molecular weight is 974 g/mol. The first-order chi connectivity index (χ1) is 32.7. The van der Waals surface area contributed by atoms with Crippen LogP contribution in [0.15, 0.2) is 65.5 Å². The Hall–Kier alpha value is -5.06. The van der Waals surface area contributed by atoms with Gasteiger partial charge in [-0.1, -0.05) is 103 Å². The van der Waals surface area contributed by atoms with E-state index in [1.165, 1.54) is 102 Å². The van der Waals surface area contributed by atoms with E-state index in [9.17, 15) is 24.8 Å². The molecule has 2 aromatic carbocycles. The Morgan fingerprint density at radius 3 is 1.93 bits per heavy atom. The number of nitrogens with zero attached hydrogens (tertiary/aromatic N) is 3. The van der Waals surface area contributed by atoms with Crippen LogP contribution in [-0.2, 0) is 53.2 Å². The summed E-state index contributed by atoms with van der Waals surface area (Å²) in [6.45, 7) is 9.61. The molecule has 1 N–H and O–H groups in total. The van der Waals surface area contributed by atoms with Gasteiger partial charge in [0, 0.05) is 47.2 Å². The number of anilines is 2. The van der Waals surface area contributed by atoms with Crippen molar-refractivity contribution in [3.63, 3.8) is 0 Å². The van der Waals surface area contributed by atoms with Crippen molar-refractivity contribution in [2.24, 2.45) is 0 Å². The molecule has 0 amide bonds. The van der Waals surface area contributed by atoms with Crippen LogP contribution in [0.25, 0.3) is 41.6 Å². The van der Waals surface area contributed by atoms with E-state index in [4.69, 9.17) is 4.74 Å². The van der Waals surface area contributed by atoms with Crippen molar-refractivity contribution in [1.82, 2.24) is 4.57 Å². The highest BCUT2D eigenvalue weighted by atomic mass is 32.1. The number of ether oxygens (including phenoxy) is 1. The summed E-state index contributed by atoms with van der Waals surface area (Å²) < 4.78 is 6.22. The molecule has 0 saturated heterocycles. The number of para-hydroxylation sites is 1. The van der Waals surface area contributed by atoms with Gasteiger partial charge in [0.25, 0.3) is 12.0 Å². The van der Waals surface area contributed by atoms with Crippen molar-refractivity contribution in [1.29, 1.82) is 5.26 Å². The van der Waals surface area contributed by atoms with Gasteiger partial charge in [0.15, 0.2) is 12.3 Å². The summed E-state index contributed by atoms with van der Waals surface area (Å²) in [5.41, 5.74) is 9.58. The Bertz CT molecular complexity index is 2890. The molecular formula is C55H63N3O5S4. The molecule has 5 heterocycles. The van der Waals surface area contributed by atoms with Crippen molar-refractivity contribution in [3.05, 3.63) is 113 Å². The highest BCUT2D eigenvalue weighted by Crippen LogP contribution is 2.48. The number of aryl methyl sites for hydroxylation is 5. The molecule has 0 radical (unpaired) electrons. The molecule has 4 aromatic heterocycles. The highest BCUT2D eigenvalue weighted by Gasteiger charge is 2.24. The molecule has 6 aromatic rings. The number of aromatic nitrogens is 1. The Balaban J connectivity index is 1.34. The summed E-state index contributed by atoms with van der Waals surface area (Å²) >= 11 is 6.44. The maximum atomic E-state index is 13.9. The van der Waals surface area contributed by atoms with Crippen LogP contribution in [0.1, 0.15) is 137 Å². The molecule has 0 fully saturated rings. The van der Waals surface area contributed by atoms with Crippen LogP contribution in [0.3, 0.4) is 0 Å². The third kappa shape index (κ3) is 11.8. The second-order valence-corrected chi connectivity index (χ2v) is 21.6. The first-order valence-corrected chi connectivity index (χ1v) is 27.5. The Morgan fingerprint density at radius 2 is 1.30 bits per heavy atom. The number of unbranched alkanes of at least 4 members (excludes halogenated alkanes) is 9. The van der Waals surface area contributed by atoms with Crippen LogP contribution < -0.4 is 19.7 Å². The molecule has 0 unspecified atom stereocenters. The monoisotopic (exact) mass is 973 g/mol. The standard InChI is InChI=1S/C55H63N3O5S4/c1-5-9-12-15-21-39-30-48(64-47(39)33-50-53(60)58(35-63-36-59)54(67-50)43(34-56)55(61)62)51-42(23-17-14-11-7-3)32-49(66-51)52-41(22-16-13-10-6-2)31-46(65-52)40-27-28-45-38(29-40)26-25-37-20-18-19-24-44(37)57(45)8-4/h18-20,24,27-33,36H,5-17,21-23,25-26,35H2,1-4H3,(H,61,62)/b50-33?,54-43+. The largest absolute Gasteiger partial charge is 0.477 e. The first-order valence-electron chi connectivity index (χ1n) is 24.2. The lowest BCUT2D eigenvalue weighted by molar-refractivity contribution is -0.132. The molecular weight excluding hydrogens is 911 g/mol. The zero-order valence-corrected chi connectivity index (χ0v) is 42.7. The fraction of sp³-hybridized carbons (Fsp3) is 0.418. The molecule has 0 spiro atoms. The third-order valence-corrected chi connectivity index (χ3v) is 17.7. The topological polar surface area (TPSA) is 113 Å². The van der Waals surface area contributed by atoms with Gasteiger partial charge in [0.1, 0.15) is 10.7 Å². The van der Waals surface area contributed by atoms with Gasteiger partial charge in [-0.15, -0.1) is 45.3 Å². The molecule has 67 heavy (non-hydrogen) atoms. The maximum absolute atomic E-state index is 13.9. The number of carbonyl (C=O) groups is 2. The summed E-state index contributed by atoms with van der Waals surface area (Å²) in [6.07, 6.45) is 20.6. The average Bonchev–Trinajstić information content (AvgIpc) is 4.10. The quantitative estimate of drug-likeness (QED) is 0.0475. The van der Waals surface area contributed by atoms with Gasteiger partial charge in [-0.25, -0.2) is 4.79 Å². The van der Waals surface area contributed by atoms with Crippen molar-refractivity contribution in [2.45, 2.75) is 144 Å². The number of thiazole rings is 1. The smallest absolute Gasteiger partial charge is 0.349 e. The van der Waals surface area contributed by atoms with Gasteiger partial charge >= 0.3 is 5.97 Å². The van der Waals surface area contributed by atoms with E-state index in [1.54, 1.807) is 17.4 Å². The number of nitriles is 1. The number of fused-ring (bicyclic) bond motifs is 2. The zero-order valence-electron chi connectivity index (χ0n) is 39.4. The van der Waals surface area contributed by atoms with Crippen LogP contribution >= 0.6 is 45.3 Å². The lowest BCUT2D eigenvalue weighted by Crippen LogP contribution is -2.33. The van der Waals surface area contributed by atoms with Crippen LogP contribution in [0.2, 0.25) is 0 Å². The highest BCUT2D eigenvalue weighted by molar-refractivity contribution is 7.27. The van der Waals surface area contributed by atoms with Gasteiger partial charge in [-0.3, -0.25) is 14.2 Å². The SMILES string of the molecule is CCCCCCc1cc(-c2sc(-c3sc(-c4ccc5c(c4)CCc4ccccc4N5CC)cc3CCCCCC)cc2CCCCCC)sc1C=c1s/c(=C(\C#N)C(=O)O)n(COC=O)c1=O. The van der Waals surface area contributed by atoms with Gasteiger partial charge in [0.05, 0.1) is 4.53 Å². The molecule has 1 aliphatic heterocycles. The lowest BCUT2D eigenvalue weighted by Gasteiger charge is -2.25. The number of aliphatic carboxylic acids is 1. The first kappa shape index (κ1) is 49.8. The fourth-order valence-electron chi connectivity index (χ4n) is 9.16. The summed E-state index contributed by atoms with van der Waals surface area (Å²) in [5.74, 6) is -1.44. The van der Waals surface area contributed by atoms with Gasteiger partial charge in [-0.2, -0.15) is 5.26 Å². The second kappa shape index (κ2) is 24.3. The van der Waals surface area contributed by atoms with E-state index < -0.39 is 23.8 Å². The number of thiophene rings is 3. The second-order valence-electron chi connectivity index (χ2n) is 17.4. The van der Waals surface area contributed by atoms with Crippen molar-refractivity contribution in [3.8, 4) is 36.0 Å². The molecule has 0 saturated carbocycles. The van der Waals surface area contributed by atoms with Crippen molar-refractivity contribution >= 4 is 80.8 Å². The number of carboxylic acid groups (broad SMARTS) is 1. The van der Waals surface area contributed by atoms with E-state index in [1.807, 2.05) is 28.7 Å². The molecule has 12 heteroatoms. The predicted octanol–water partition coefficient (Wildman–Crippen LogP) is 13.4. The molecule has 7 rings (SSSR count). The molecule has 0 bridgehead atoms. The number of benzene rings is 2. The normalized spacial score (nSPS) is 13.0. The number of carbonyl (C=O) groups excluding carboxylic acids is 1. The molecule has 8 nitrogen and oxygen atoms in total. The summed E-state index contributed by atoms with van der Waals surface area (Å²) in [4.78, 5) is 46.9. The van der Waals surface area contributed by atoms with E-state index in [-0.39, 0.29) is 15.7 Å². The van der Waals surface area contributed by atoms with E-state index >= 15 is 0 Å². The minimum absolute atomic E-state index is 0.0492. The fourth-order valence-corrected chi connectivity index (χ4v) is 14.1. The maximum Gasteiger partial charge on any atom is 0.349 e.